The van der Waals surface area contributed by atoms with Crippen LogP contribution in [0.3, 0.4) is 0 Å². The summed E-state index contributed by atoms with van der Waals surface area (Å²) in [7, 11) is 0. The molecule has 0 atom stereocenters. The molecule has 2 aromatic rings. The zero-order valence-electron chi connectivity index (χ0n) is 10.2. The van der Waals surface area contributed by atoms with E-state index in [1.807, 2.05) is 6.20 Å². The van der Waals surface area contributed by atoms with Gasteiger partial charge >= 0.3 is 0 Å². The van der Waals surface area contributed by atoms with Crippen molar-refractivity contribution in [3.63, 3.8) is 0 Å². The second-order valence-electron chi connectivity index (χ2n) is 5.21. The number of H-pyrrole nitrogens is 1. The van der Waals surface area contributed by atoms with Gasteiger partial charge in [-0.3, -0.25) is 0 Å². The van der Waals surface area contributed by atoms with Crippen LogP contribution in [0, 0.1) is 0 Å². The summed E-state index contributed by atoms with van der Waals surface area (Å²) in [5.41, 5.74) is 1.11. The summed E-state index contributed by atoms with van der Waals surface area (Å²) >= 11 is 0. The van der Waals surface area contributed by atoms with Crippen molar-refractivity contribution in [1.29, 1.82) is 0 Å². The number of piperidine rings is 1. The first-order chi connectivity index (χ1) is 8.86. The maximum absolute atomic E-state index is 5.75. The average molecular weight is 244 g/mol. The maximum Gasteiger partial charge on any atom is 0.142 e. The van der Waals surface area contributed by atoms with E-state index in [4.69, 9.17) is 4.74 Å². The first kappa shape index (κ1) is 10.3. The zero-order valence-corrected chi connectivity index (χ0v) is 10.2. The molecule has 4 heterocycles. The maximum atomic E-state index is 5.75. The Morgan fingerprint density at radius 1 is 1.22 bits per heavy atom. The lowest BCUT2D eigenvalue weighted by molar-refractivity contribution is -0.158. The molecule has 2 fully saturated rings. The standard InChI is InChI=1S/C13H16N4O/c1-5-14-11-10(1)12(16-9-15-11)17-6-2-13(3-7-17)4-8-18-13/h1,5,9H,2-4,6-8H2,(H,14,15,16). The number of anilines is 1. The molecule has 1 spiro atoms. The van der Waals surface area contributed by atoms with E-state index in [2.05, 4.69) is 25.9 Å². The third-order valence-electron chi connectivity index (χ3n) is 4.27. The van der Waals surface area contributed by atoms with Crippen LogP contribution in [-0.4, -0.2) is 40.2 Å². The smallest absolute Gasteiger partial charge is 0.142 e. The van der Waals surface area contributed by atoms with E-state index < -0.39 is 0 Å². The molecule has 2 aliphatic heterocycles. The van der Waals surface area contributed by atoms with Gasteiger partial charge in [0.2, 0.25) is 0 Å². The Morgan fingerprint density at radius 3 is 2.78 bits per heavy atom. The lowest BCUT2D eigenvalue weighted by Crippen LogP contribution is -2.52. The molecule has 0 aliphatic carbocycles. The highest BCUT2D eigenvalue weighted by atomic mass is 16.5. The first-order valence-electron chi connectivity index (χ1n) is 6.53. The van der Waals surface area contributed by atoms with E-state index in [1.54, 1.807) is 6.33 Å². The number of hydrogen-bond acceptors (Lipinski definition) is 4. The number of hydrogen-bond donors (Lipinski definition) is 1. The largest absolute Gasteiger partial charge is 0.375 e. The van der Waals surface area contributed by atoms with E-state index in [9.17, 15) is 0 Å². The summed E-state index contributed by atoms with van der Waals surface area (Å²) in [6.07, 6.45) is 7.01. The lowest BCUT2D eigenvalue weighted by atomic mass is 9.84. The van der Waals surface area contributed by atoms with Gasteiger partial charge in [-0.1, -0.05) is 0 Å². The van der Waals surface area contributed by atoms with Gasteiger partial charge in [-0.05, 0) is 25.3 Å². The number of rotatable bonds is 1. The Morgan fingerprint density at radius 2 is 2.06 bits per heavy atom. The van der Waals surface area contributed by atoms with Crippen molar-refractivity contribution in [2.24, 2.45) is 0 Å². The summed E-state index contributed by atoms with van der Waals surface area (Å²) in [4.78, 5) is 14.2. The van der Waals surface area contributed by atoms with Gasteiger partial charge < -0.3 is 14.6 Å². The monoisotopic (exact) mass is 244 g/mol. The van der Waals surface area contributed by atoms with Crippen LogP contribution < -0.4 is 4.90 Å². The van der Waals surface area contributed by atoms with Gasteiger partial charge in [0.25, 0.3) is 0 Å². The molecule has 4 rings (SSSR count). The molecule has 0 bridgehead atoms. The second kappa shape index (κ2) is 3.68. The molecule has 2 saturated heterocycles. The molecule has 5 heteroatoms. The van der Waals surface area contributed by atoms with Gasteiger partial charge in [0.15, 0.2) is 0 Å². The Bertz CT molecular complexity index is 565. The predicted molar refractivity (Wildman–Crippen MR) is 68.6 cm³/mol. The molecule has 0 radical (unpaired) electrons. The van der Waals surface area contributed by atoms with Gasteiger partial charge in [0.1, 0.15) is 17.8 Å². The highest BCUT2D eigenvalue weighted by Crippen LogP contribution is 2.38. The normalized spacial score (nSPS) is 22.3. The van der Waals surface area contributed by atoms with Crippen LogP contribution in [0.25, 0.3) is 11.0 Å². The van der Waals surface area contributed by atoms with Gasteiger partial charge in [-0.2, -0.15) is 0 Å². The summed E-state index contributed by atoms with van der Waals surface area (Å²) in [5, 5.41) is 1.11. The molecular weight excluding hydrogens is 228 g/mol. The fourth-order valence-electron chi connectivity index (χ4n) is 3.02. The topological polar surface area (TPSA) is 54.0 Å². The van der Waals surface area contributed by atoms with Crippen LogP contribution in [-0.2, 0) is 4.74 Å². The minimum Gasteiger partial charge on any atom is -0.375 e. The molecule has 1 N–H and O–H groups in total. The van der Waals surface area contributed by atoms with E-state index in [1.165, 1.54) is 6.42 Å². The Balaban J connectivity index is 1.62. The highest BCUT2D eigenvalue weighted by Gasteiger charge is 2.41. The Labute approximate surface area is 105 Å². The van der Waals surface area contributed by atoms with E-state index >= 15 is 0 Å². The number of nitrogens with zero attached hydrogens (tertiary/aromatic N) is 3. The van der Waals surface area contributed by atoms with Crippen LogP contribution >= 0.6 is 0 Å². The molecule has 2 aromatic heterocycles. The third-order valence-corrected chi connectivity index (χ3v) is 4.27. The number of fused-ring (bicyclic) bond motifs is 1. The fraction of sp³-hybridized carbons (Fsp3) is 0.538. The Kier molecular flexibility index (Phi) is 2.11. The average Bonchev–Trinajstić information content (AvgIpc) is 2.85. The van der Waals surface area contributed by atoms with Gasteiger partial charge in [-0.15, -0.1) is 0 Å². The Hall–Kier alpha value is -1.62. The molecule has 18 heavy (non-hydrogen) atoms. The van der Waals surface area contributed by atoms with Crippen LogP contribution in [0.15, 0.2) is 18.6 Å². The third kappa shape index (κ3) is 1.43. The molecular formula is C13H16N4O. The molecule has 2 aliphatic rings. The SMILES string of the molecule is c1nc(N2CCC3(CCO3)CC2)c2cc[nH]c2n1. The zero-order chi connectivity index (χ0) is 12.0. The summed E-state index contributed by atoms with van der Waals surface area (Å²) < 4.78 is 5.75. The van der Waals surface area contributed by atoms with Crippen LogP contribution in [0.2, 0.25) is 0 Å². The van der Waals surface area contributed by atoms with Crippen molar-refractivity contribution in [3.05, 3.63) is 18.6 Å². The number of ether oxygens (including phenoxy) is 1. The molecule has 0 aromatic carbocycles. The van der Waals surface area contributed by atoms with Gasteiger partial charge in [0.05, 0.1) is 17.6 Å². The molecule has 0 saturated carbocycles. The van der Waals surface area contributed by atoms with Crippen molar-refractivity contribution < 1.29 is 4.74 Å². The summed E-state index contributed by atoms with van der Waals surface area (Å²) in [5.74, 6) is 1.05. The molecule has 0 amide bonds. The second-order valence-corrected chi connectivity index (χ2v) is 5.21. The van der Waals surface area contributed by atoms with Crippen molar-refractivity contribution in [1.82, 2.24) is 15.0 Å². The minimum atomic E-state index is 0.195. The van der Waals surface area contributed by atoms with Crippen LogP contribution in [0.4, 0.5) is 5.82 Å². The lowest BCUT2D eigenvalue weighted by Gasteiger charge is -2.47. The summed E-state index contributed by atoms with van der Waals surface area (Å²) in [6, 6.07) is 2.05. The number of aromatic nitrogens is 3. The minimum absolute atomic E-state index is 0.195. The first-order valence-corrected chi connectivity index (χ1v) is 6.53. The van der Waals surface area contributed by atoms with E-state index in [0.29, 0.717) is 0 Å². The van der Waals surface area contributed by atoms with Crippen molar-refractivity contribution in [2.75, 3.05) is 24.6 Å². The van der Waals surface area contributed by atoms with Crippen LogP contribution in [0.1, 0.15) is 19.3 Å². The van der Waals surface area contributed by atoms with Gasteiger partial charge in [-0.25, -0.2) is 9.97 Å². The number of aromatic amines is 1. The highest BCUT2D eigenvalue weighted by molar-refractivity contribution is 5.87. The van der Waals surface area contributed by atoms with Gasteiger partial charge in [0, 0.05) is 19.3 Å². The molecule has 5 nitrogen and oxygen atoms in total. The van der Waals surface area contributed by atoms with Crippen molar-refractivity contribution in [3.8, 4) is 0 Å². The van der Waals surface area contributed by atoms with Crippen molar-refractivity contribution >= 4 is 16.9 Å². The molecule has 94 valence electrons. The van der Waals surface area contributed by atoms with Crippen LogP contribution in [0.5, 0.6) is 0 Å². The quantitative estimate of drug-likeness (QED) is 0.830. The summed E-state index contributed by atoms with van der Waals surface area (Å²) in [6.45, 7) is 2.99. The van der Waals surface area contributed by atoms with E-state index in [-0.39, 0.29) is 5.60 Å². The van der Waals surface area contributed by atoms with Crippen molar-refractivity contribution in [2.45, 2.75) is 24.9 Å². The van der Waals surface area contributed by atoms with E-state index in [0.717, 1.165) is 49.4 Å². The fourth-order valence-corrected chi connectivity index (χ4v) is 3.02. The predicted octanol–water partition coefficient (Wildman–Crippen LogP) is 1.72. The number of nitrogens with one attached hydrogen (secondary N) is 1. The molecule has 0 unspecified atom stereocenters.